The lowest BCUT2D eigenvalue weighted by atomic mass is 10.1. The first-order chi connectivity index (χ1) is 12.9. The van der Waals surface area contributed by atoms with Gasteiger partial charge in [-0.05, 0) is 55.7 Å². The van der Waals surface area contributed by atoms with Crippen molar-refractivity contribution in [2.75, 3.05) is 4.72 Å². The number of unbranched alkanes of at least 4 members (excludes halogenated alkanes) is 1. The fourth-order valence-corrected chi connectivity index (χ4v) is 3.48. The van der Waals surface area contributed by atoms with Crippen LogP contribution in [0.5, 0.6) is 0 Å². The van der Waals surface area contributed by atoms with Crippen LogP contribution < -0.4 is 4.72 Å². The highest BCUT2D eigenvalue weighted by Crippen LogP contribution is 2.19. The molecule has 0 spiro atoms. The second-order valence-electron chi connectivity index (χ2n) is 6.11. The number of anilines is 1. The van der Waals surface area contributed by atoms with Gasteiger partial charge in [0.2, 0.25) is 0 Å². The zero-order valence-electron chi connectivity index (χ0n) is 15.3. The number of hydrogen-bond acceptors (Lipinski definition) is 5. The first kappa shape index (κ1) is 20.5. The van der Waals surface area contributed by atoms with Crippen molar-refractivity contribution < 1.29 is 17.9 Å². The van der Waals surface area contributed by atoms with Gasteiger partial charge in [-0.3, -0.25) is 4.72 Å². The summed E-state index contributed by atoms with van der Waals surface area (Å²) in [5, 5.41) is 8.71. The Morgan fingerprint density at radius 2 is 1.93 bits per heavy atom. The molecule has 2 rings (SSSR count). The molecular formula is C20H22N2O4S. The van der Waals surface area contributed by atoms with E-state index in [0.29, 0.717) is 5.69 Å². The van der Waals surface area contributed by atoms with E-state index in [-0.39, 0.29) is 10.5 Å². The highest BCUT2D eigenvalue weighted by atomic mass is 32.2. The fourth-order valence-electron chi connectivity index (χ4n) is 2.38. The van der Waals surface area contributed by atoms with Crippen molar-refractivity contribution >= 4 is 21.7 Å². The molecule has 0 heterocycles. The van der Waals surface area contributed by atoms with Crippen molar-refractivity contribution in [3.63, 3.8) is 0 Å². The lowest BCUT2D eigenvalue weighted by molar-refractivity contribution is 0.0435. The van der Waals surface area contributed by atoms with Crippen molar-refractivity contribution in [2.24, 2.45) is 0 Å². The topological polar surface area (TPSA) is 96.3 Å². The number of rotatable bonds is 8. The SMILES string of the molecule is CCCCc1ccc(NS(=O)(=O)c2cccc(C(=O)OC(C)C#N)c2)cc1. The van der Waals surface area contributed by atoms with Gasteiger partial charge in [0.05, 0.1) is 10.5 Å². The molecule has 1 atom stereocenters. The van der Waals surface area contributed by atoms with E-state index >= 15 is 0 Å². The minimum absolute atomic E-state index is 0.0587. The molecule has 0 aliphatic carbocycles. The van der Waals surface area contributed by atoms with Crippen LogP contribution in [0.4, 0.5) is 5.69 Å². The van der Waals surface area contributed by atoms with Crippen molar-refractivity contribution in [1.29, 1.82) is 5.26 Å². The lowest BCUT2D eigenvalue weighted by Crippen LogP contribution is -2.16. The molecule has 0 bridgehead atoms. The number of aryl methyl sites for hydroxylation is 1. The van der Waals surface area contributed by atoms with E-state index in [0.717, 1.165) is 24.8 Å². The maximum absolute atomic E-state index is 12.6. The van der Waals surface area contributed by atoms with E-state index in [1.165, 1.54) is 31.2 Å². The van der Waals surface area contributed by atoms with Gasteiger partial charge >= 0.3 is 5.97 Å². The summed E-state index contributed by atoms with van der Waals surface area (Å²) in [7, 11) is -3.86. The third kappa shape index (κ3) is 5.83. The number of nitrogens with one attached hydrogen (secondary N) is 1. The van der Waals surface area contributed by atoms with Gasteiger partial charge in [0.15, 0.2) is 6.10 Å². The number of nitriles is 1. The van der Waals surface area contributed by atoms with E-state index in [9.17, 15) is 13.2 Å². The average molecular weight is 386 g/mol. The zero-order chi connectivity index (χ0) is 19.9. The molecule has 0 radical (unpaired) electrons. The van der Waals surface area contributed by atoms with Crippen LogP contribution in [0.2, 0.25) is 0 Å². The van der Waals surface area contributed by atoms with Crippen LogP contribution in [-0.4, -0.2) is 20.5 Å². The molecule has 7 heteroatoms. The molecule has 27 heavy (non-hydrogen) atoms. The molecule has 2 aromatic carbocycles. The van der Waals surface area contributed by atoms with Crippen LogP contribution >= 0.6 is 0 Å². The molecular weight excluding hydrogens is 364 g/mol. The Kier molecular flexibility index (Phi) is 6.97. The highest BCUT2D eigenvalue weighted by Gasteiger charge is 2.18. The molecule has 6 nitrogen and oxygen atoms in total. The average Bonchev–Trinajstić information content (AvgIpc) is 2.67. The van der Waals surface area contributed by atoms with Crippen LogP contribution in [0.15, 0.2) is 53.4 Å². The van der Waals surface area contributed by atoms with Gasteiger partial charge in [-0.25, -0.2) is 13.2 Å². The van der Waals surface area contributed by atoms with Gasteiger partial charge in [0, 0.05) is 5.69 Å². The summed E-state index contributed by atoms with van der Waals surface area (Å²) in [5.41, 5.74) is 1.66. The monoisotopic (exact) mass is 386 g/mol. The van der Waals surface area contributed by atoms with E-state index in [2.05, 4.69) is 11.6 Å². The summed E-state index contributed by atoms with van der Waals surface area (Å²) in [4.78, 5) is 11.9. The molecule has 0 fully saturated rings. The minimum atomic E-state index is -3.86. The van der Waals surface area contributed by atoms with Gasteiger partial charge in [0.25, 0.3) is 10.0 Å². The third-order valence-corrected chi connectivity index (χ3v) is 5.25. The summed E-state index contributed by atoms with van der Waals surface area (Å²) >= 11 is 0. The molecule has 0 aromatic heterocycles. The van der Waals surface area contributed by atoms with Gasteiger partial charge in [0.1, 0.15) is 6.07 Å². The quantitative estimate of drug-likeness (QED) is 0.694. The normalized spacial score (nSPS) is 12.0. The standard InChI is InChI=1S/C20H22N2O4S/c1-3-4-6-16-9-11-18(12-10-16)22-27(24,25)19-8-5-7-17(13-19)20(23)26-15(2)14-21/h5,7-13,15,22H,3-4,6H2,1-2H3. The molecule has 0 aliphatic heterocycles. The first-order valence-corrected chi connectivity index (χ1v) is 10.2. The summed E-state index contributed by atoms with van der Waals surface area (Å²) < 4.78 is 32.6. The van der Waals surface area contributed by atoms with E-state index in [1.54, 1.807) is 18.2 Å². The van der Waals surface area contributed by atoms with Crippen molar-refractivity contribution in [1.82, 2.24) is 0 Å². The Morgan fingerprint density at radius 1 is 1.22 bits per heavy atom. The second kappa shape index (κ2) is 9.19. The van der Waals surface area contributed by atoms with Gasteiger partial charge in [-0.2, -0.15) is 5.26 Å². The van der Waals surface area contributed by atoms with Gasteiger partial charge in [-0.1, -0.05) is 31.5 Å². The Hall–Kier alpha value is -2.85. The van der Waals surface area contributed by atoms with Crippen LogP contribution in [0.25, 0.3) is 0 Å². The molecule has 0 saturated heterocycles. The van der Waals surface area contributed by atoms with Gasteiger partial charge < -0.3 is 4.74 Å². The number of esters is 1. The Morgan fingerprint density at radius 3 is 2.56 bits per heavy atom. The number of carbonyl (C=O) groups excluding carboxylic acids is 1. The van der Waals surface area contributed by atoms with E-state index in [1.807, 2.05) is 12.1 Å². The lowest BCUT2D eigenvalue weighted by Gasteiger charge is -2.10. The molecule has 0 saturated carbocycles. The Balaban J connectivity index is 2.15. The number of sulfonamides is 1. The van der Waals surface area contributed by atoms with Crippen LogP contribution in [-0.2, 0) is 21.2 Å². The fraction of sp³-hybridized carbons (Fsp3) is 0.300. The summed E-state index contributed by atoms with van der Waals surface area (Å²) in [6.45, 7) is 3.55. The van der Waals surface area contributed by atoms with Gasteiger partial charge in [-0.15, -0.1) is 0 Å². The molecule has 0 amide bonds. The summed E-state index contributed by atoms with van der Waals surface area (Å²) in [6.07, 6.45) is 2.22. The molecule has 142 valence electrons. The maximum Gasteiger partial charge on any atom is 0.339 e. The predicted molar refractivity (Wildman–Crippen MR) is 103 cm³/mol. The summed E-state index contributed by atoms with van der Waals surface area (Å²) in [6, 6.07) is 14.5. The number of nitrogens with zero attached hydrogens (tertiary/aromatic N) is 1. The number of benzene rings is 2. The maximum atomic E-state index is 12.6. The highest BCUT2D eigenvalue weighted by molar-refractivity contribution is 7.92. The molecule has 2 aromatic rings. The predicted octanol–water partition coefficient (Wildman–Crippen LogP) is 3.90. The second-order valence-corrected chi connectivity index (χ2v) is 7.79. The molecule has 1 unspecified atom stereocenters. The smallest absolute Gasteiger partial charge is 0.339 e. The van der Waals surface area contributed by atoms with E-state index < -0.39 is 22.1 Å². The van der Waals surface area contributed by atoms with Crippen molar-refractivity contribution in [3.8, 4) is 6.07 Å². The minimum Gasteiger partial charge on any atom is -0.444 e. The third-order valence-electron chi connectivity index (χ3n) is 3.87. The van der Waals surface area contributed by atoms with Crippen LogP contribution in [0, 0.1) is 11.3 Å². The molecule has 1 N–H and O–H groups in total. The van der Waals surface area contributed by atoms with Crippen LogP contribution in [0.1, 0.15) is 42.6 Å². The first-order valence-electron chi connectivity index (χ1n) is 8.68. The number of ether oxygens (including phenoxy) is 1. The van der Waals surface area contributed by atoms with Crippen molar-refractivity contribution in [2.45, 2.75) is 44.1 Å². The number of hydrogen-bond donors (Lipinski definition) is 1. The Bertz CT molecular complexity index is 931. The zero-order valence-corrected chi connectivity index (χ0v) is 16.1. The van der Waals surface area contributed by atoms with Crippen molar-refractivity contribution in [3.05, 3.63) is 59.7 Å². The van der Waals surface area contributed by atoms with E-state index in [4.69, 9.17) is 10.00 Å². The van der Waals surface area contributed by atoms with Crippen LogP contribution in [0.3, 0.4) is 0 Å². The Labute approximate surface area is 159 Å². The summed E-state index contributed by atoms with van der Waals surface area (Å²) in [5.74, 6) is -0.749. The molecule has 0 aliphatic rings. The largest absolute Gasteiger partial charge is 0.444 e. The number of carbonyl (C=O) groups is 1.